The van der Waals surface area contributed by atoms with Crippen LogP contribution in [0.1, 0.15) is 65.1 Å². The van der Waals surface area contributed by atoms with Gasteiger partial charge in [-0.2, -0.15) is 0 Å². The van der Waals surface area contributed by atoms with E-state index < -0.39 is 18.6 Å². The van der Waals surface area contributed by atoms with Crippen molar-refractivity contribution in [2.24, 2.45) is 5.41 Å². The molecule has 10 aromatic rings. The van der Waals surface area contributed by atoms with E-state index in [1.807, 2.05) is 87.6 Å². The van der Waals surface area contributed by atoms with E-state index in [9.17, 15) is 2.74 Å². The average molecular weight is 904 g/mol. The van der Waals surface area contributed by atoms with Crippen LogP contribution in [0.15, 0.2) is 200 Å². The molecule has 0 saturated heterocycles. The number of aryl methyl sites for hydroxylation is 1. The van der Waals surface area contributed by atoms with Gasteiger partial charge in [0, 0.05) is 52.8 Å². The first-order valence-corrected chi connectivity index (χ1v) is 23.7. The second-order valence-electron chi connectivity index (χ2n) is 20.1. The maximum atomic E-state index is 9.26. The molecule has 0 radical (unpaired) electrons. The SMILES string of the molecule is [2H]C([2H])([2H])c1ccccc1-c1ccc(-c2cccc(-c3cccc(C([2H])([2H])C(C)(C)C)c3)c2N2CN(c3cccc(Oc4ccc5c6ccccc6n(-c6cc(C(C)(C)C)ccn6)c5c4)c3)c3ccccc32)cc1. The molecule has 0 N–H and O–H groups in total. The van der Waals surface area contributed by atoms with Crippen LogP contribution in [0.5, 0.6) is 11.5 Å². The maximum absolute atomic E-state index is 9.26. The molecule has 0 amide bonds. The third-order valence-corrected chi connectivity index (χ3v) is 13.0. The molecule has 5 heteroatoms. The van der Waals surface area contributed by atoms with E-state index in [1.165, 1.54) is 5.56 Å². The second-order valence-corrected chi connectivity index (χ2v) is 20.1. The van der Waals surface area contributed by atoms with Crippen molar-refractivity contribution in [1.29, 1.82) is 0 Å². The predicted molar refractivity (Wildman–Crippen MR) is 290 cm³/mol. The predicted octanol–water partition coefficient (Wildman–Crippen LogP) is 17.4. The molecule has 0 unspecified atom stereocenters. The molecule has 8 aromatic carbocycles. The lowest BCUT2D eigenvalue weighted by Crippen LogP contribution is -2.25. The molecule has 1 aliphatic rings. The Kier molecular flexibility index (Phi) is 9.57. The van der Waals surface area contributed by atoms with Crippen LogP contribution in [-0.2, 0) is 11.8 Å². The van der Waals surface area contributed by atoms with Crippen molar-refractivity contribution in [3.05, 3.63) is 217 Å². The summed E-state index contributed by atoms with van der Waals surface area (Å²) < 4.78 is 52.3. The minimum absolute atomic E-state index is 0.0449. The van der Waals surface area contributed by atoms with Crippen LogP contribution < -0.4 is 14.5 Å². The Labute approximate surface area is 413 Å². The number of benzene rings is 8. The second kappa shape index (κ2) is 17.3. The smallest absolute Gasteiger partial charge is 0.137 e. The Morgan fingerprint density at radius 2 is 1.20 bits per heavy atom. The zero-order chi connectivity index (χ0) is 51.7. The fraction of sp³-hybridized carbons (Fsp3) is 0.172. The fourth-order valence-corrected chi connectivity index (χ4v) is 9.81. The molecule has 0 fully saturated rings. The number of nitrogens with zero attached hydrogens (tertiary/aromatic N) is 4. The number of rotatable bonds is 9. The number of aromatic nitrogens is 2. The fourth-order valence-electron chi connectivity index (χ4n) is 9.81. The highest BCUT2D eigenvalue weighted by Crippen LogP contribution is 2.51. The summed E-state index contributed by atoms with van der Waals surface area (Å²) in [6.45, 7) is 10.7. The van der Waals surface area contributed by atoms with Crippen LogP contribution in [-0.4, -0.2) is 16.2 Å². The van der Waals surface area contributed by atoms with Crippen LogP contribution >= 0.6 is 0 Å². The van der Waals surface area contributed by atoms with Gasteiger partial charge in [0.1, 0.15) is 24.0 Å². The minimum atomic E-state index is -2.26. The van der Waals surface area contributed by atoms with Crippen molar-refractivity contribution >= 4 is 44.6 Å². The lowest BCUT2D eigenvalue weighted by molar-refractivity contribution is 0.411. The lowest BCUT2D eigenvalue weighted by Gasteiger charge is -2.27. The third kappa shape index (κ3) is 8.44. The molecule has 340 valence electrons. The Balaban J connectivity index is 0.993. The van der Waals surface area contributed by atoms with E-state index in [0.717, 1.165) is 78.2 Å². The summed E-state index contributed by atoms with van der Waals surface area (Å²) >= 11 is 0. The summed E-state index contributed by atoms with van der Waals surface area (Å²) in [5.41, 5.74) is 12.8. The van der Waals surface area contributed by atoms with Crippen molar-refractivity contribution < 1.29 is 11.6 Å². The van der Waals surface area contributed by atoms with Crippen molar-refractivity contribution in [3.63, 3.8) is 0 Å². The van der Waals surface area contributed by atoms with Gasteiger partial charge in [-0.1, -0.05) is 169 Å². The number of anilines is 4. The molecular formula is C64H58N4O. The van der Waals surface area contributed by atoms with Gasteiger partial charge in [0.2, 0.25) is 0 Å². The van der Waals surface area contributed by atoms with Gasteiger partial charge in [0.05, 0.1) is 28.1 Å². The van der Waals surface area contributed by atoms with E-state index in [1.54, 1.807) is 12.1 Å². The molecule has 0 bridgehead atoms. The van der Waals surface area contributed by atoms with Gasteiger partial charge < -0.3 is 14.5 Å². The van der Waals surface area contributed by atoms with Crippen molar-refractivity contribution in [2.75, 3.05) is 16.5 Å². The quantitative estimate of drug-likeness (QED) is 0.145. The molecule has 3 heterocycles. The van der Waals surface area contributed by atoms with Crippen LogP contribution in [0.4, 0.5) is 22.7 Å². The third-order valence-electron chi connectivity index (χ3n) is 13.0. The summed E-state index contributed by atoms with van der Waals surface area (Å²) in [7, 11) is 0. The van der Waals surface area contributed by atoms with Gasteiger partial charge in [-0.05, 0) is 118 Å². The first kappa shape index (κ1) is 38.1. The zero-order valence-electron chi connectivity index (χ0n) is 45.0. The molecule has 2 aromatic heterocycles. The van der Waals surface area contributed by atoms with Crippen molar-refractivity contribution in [1.82, 2.24) is 9.55 Å². The standard InChI is InChI=1S/C64H58N4O/c1-43-17-8-9-22-52(43)45-29-31-46(32-30-45)53-24-16-25-54(47-19-14-18-44(37-47)41-63(2,3)4)62(53)67-42-66(58-27-12-13-28-59(58)67)49-20-15-21-50(39-49)69-51-33-34-56-55-23-10-11-26-57(55)68(60(56)40-51)61-38-48(35-36-65-61)64(5,6)7/h8-40H,41-42H2,1-7H3/i1D3,41D2. The Morgan fingerprint density at radius 1 is 0.551 bits per heavy atom. The monoisotopic (exact) mass is 903 g/mol. The van der Waals surface area contributed by atoms with Crippen LogP contribution in [0.25, 0.3) is 61.0 Å². The first-order chi connectivity index (χ1) is 35.3. The highest BCUT2D eigenvalue weighted by atomic mass is 16.5. The molecule has 5 nitrogen and oxygen atoms in total. The van der Waals surface area contributed by atoms with Gasteiger partial charge in [0.25, 0.3) is 0 Å². The van der Waals surface area contributed by atoms with Gasteiger partial charge in [-0.25, -0.2) is 4.98 Å². The van der Waals surface area contributed by atoms with E-state index in [0.29, 0.717) is 34.9 Å². The number of para-hydroxylation sites is 4. The average Bonchev–Trinajstić information content (AvgIpc) is 3.94. The first-order valence-electron chi connectivity index (χ1n) is 26.2. The van der Waals surface area contributed by atoms with Crippen molar-refractivity contribution in [3.8, 4) is 50.7 Å². The minimum Gasteiger partial charge on any atom is -0.457 e. The van der Waals surface area contributed by atoms with Gasteiger partial charge >= 0.3 is 0 Å². The van der Waals surface area contributed by atoms with Crippen LogP contribution in [0, 0.1) is 12.3 Å². The highest BCUT2D eigenvalue weighted by molar-refractivity contribution is 6.09. The van der Waals surface area contributed by atoms with Gasteiger partial charge in [-0.15, -0.1) is 0 Å². The number of hydrogen-bond acceptors (Lipinski definition) is 4. The normalized spacial score (nSPS) is 14.3. The maximum Gasteiger partial charge on any atom is 0.137 e. The van der Waals surface area contributed by atoms with Crippen LogP contribution in [0.2, 0.25) is 0 Å². The summed E-state index contributed by atoms with van der Waals surface area (Å²) in [6.07, 6.45) is 0.292. The van der Waals surface area contributed by atoms with Gasteiger partial charge in [-0.3, -0.25) is 4.57 Å². The largest absolute Gasteiger partial charge is 0.457 e. The number of hydrogen-bond donors (Lipinski definition) is 0. The molecule has 69 heavy (non-hydrogen) atoms. The number of pyridine rings is 1. The molecular weight excluding hydrogens is 841 g/mol. The zero-order valence-corrected chi connectivity index (χ0v) is 40.0. The number of ether oxygens (including phenoxy) is 1. The molecule has 1 aliphatic heterocycles. The van der Waals surface area contributed by atoms with E-state index in [4.69, 9.17) is 13.8 Å². The van der Waals surface area contributed by atoms with E-state index in [-0.39, 0.29) is 5.41 Å². The molecule has 11 rings (SSSR count). The van der Waals surface area contributed by atoms with E-state index >= 15 is 0 Å². The molecule has 0 atom stereocenters. The summed E-state index contributed by atoms with van der Waals surface area (Å²) in [6, 6.07) is 65.3. The summed E-state index contributed by atoms with van der Waals surface area (Å²) in [4.78, 5) is 9.54. The highest BCUT2D eigenvalue weighted by Gasteiger charge is 2.32. The van der Waals surface area contributed by atoms with Gasteiger partial charge in [0.15, 0.2) is 0 Å². The van der Waals surface area contributed by atoms with E-state index in [2.05, 4.69) is 156 Å². The topological polar surface area (TPSA) is 33.5 Å². The Morgan fingerprint density at radius 3 is 1.99 bits per heavy atom. The number of fused-ring (bicyclic) bond motifs is 4. The molecule has 0 saturated carbocycles. The summed E-state index contributed by atoms with van der Waals surface area (Å²) in [5, 5.41) is 2.26. The lowest BCUT2D eigenvalue weighted by atomic mass is 9.86. The molecule has 0 aliphatic carbocycles. The Bertz CT molecular complexity index is 3750. The molecule has 0 spiro atoms. The Hall–Kier alpha value is -7.89. The van der Waals surface area contributed by atoms with Crippen LogP contribution in [0.3, 0.4) is 0 Å². The summed E-state index contributed by atoms with van der Waals surface area (Å²) in [5.74, 6) is 2.26. The van der Waals surface area contributed by atoms with Crippen molar-refractivity contribution in [2.45, 2.75) is 60.2 Å².